The first-order valence-corrected chi connectivity index (χ1v) is 12.2. The number of likely N-dealkylation sites (tertiary alicyclic amines) is 1. The summed E-state index contributed by atoms with van der Waals surface area (Å²) in [5, 5.41) is 21.1. The Morgan fingerprint density at radius 2 is 2.06 bits per heavy atom. The summed E-state index contributed by atoms with van der Waals surface area (Å²) < 4.78 is 5.89. The Labute approximate surface area is 187 Å². The van der Waals surface area contributed by atoms with Gasteiger partial charge in [-0.15, -0.1) is 0 Å². The van der Waals surface area contributed by atoms with Gasteiger partial charge in [-0.05, 0) is 69.5 Å². The topological polar surface area (TPSA) is 52.9 Å². The maximum atomic E-state index is 10.6. The molecular weight excluding hydrogens is 386 g/mol. The van der Waals surface area contributed by atoms with Crippen LogP contribution in [0.1, 0.15) is 43.2 Å². The molecule has 0 radical (unpaired) electrons. The normalized spacial score (nSPS) is 29.6. The second-order valence-corrected chi connectivity index (χ2v) is 9.79. The van der Waals surface area contributed by atoms with Gasteiger partial charge in [0, 0.05) is 18.9 Å². The molecule has 31 heavy (non-hydrogen) atoms. The number of ether oxygens (including phenoxy) is 1. The predicted octanol–water partition coefficient (Wildman–Crippen LogP) is 3.90. The minimum absolute atomic E-state index is 0.141. The van der Waals surface area contributed by atoms with Gasteiger partial charge in [-0.1, -0.05) is 53.6 Å². The Morgan fingerprint density at radius 1 is 1.23 bits per heavy atom. The van der Waals surface area contributed by atoms with Gasteiger partial charge >= 0.3 is 0 Å². The van der Waals surface area contributed by atoms with E-state index in [0.29, 0.717) is 18.3 Å². The lowest BCUT2D eigenvalue weighted by molar-refractivity contribution is 0.112. The van der Waals surface area contributed by atoms with E-state index in [1.807, 2.05) is 12.1 Å². The summed E-state index contributed by atoms with van der Waals surface area (Å²) in [6.07, 6.45) is 11.8. The molecule has 1 saturated carbocycles. The number of aryl methyl sites for hydroxylation is 1. The van der Waals surface area contributed by atoms with Gasteiger partial charge in [-0.2, -0.15) is 0 Å². The van der Waals surface area contributed by atoms with Gasteiger partial charge < -0.3 is 19.8 Å². The highest BCUT2D eigenvalue weighted by atomic mass is 16.5. The van der Waals surface area contributed by atoms with Crippen molar-refractivity contribution in [2.24, 2.45) is 17.8 Å². The van der Waals surface area contributed by atoms with E-state index in [4.69, 9.17) is 4.74 Å². The van der Waals surface area contributed by atoms with Crippen LogP contribution in [0.4, 0.5) is 0 Å². The SMILES string of the molecule is Cc1cccc(C[C@H](O)/C=C/[C@@H]2[C@H]3CC(CCOCCN4CCCC4)=C[C@H]3C[C@H]2O)c1. The van der Waals surface area contributed by atoms with Crippen LogP contribution < -0.4 is 0 Å². The molecule has 4 heteroatoms. The first-order valence-electron chi connectivity index (χ1n) is 12.2. The molecule has 1 heterocycles. The second kappa shape index (κ2) is 10.9. The predicted molar refractivity (Wildman–Crippen MR) is 125 cm³/mol. The Bertz CT molecular complexity index is 767. The Kier molecular flexibility index (Phi) is 8.00. The fraction of sp³-hybridized carbons (Fsp3) is 0.630. The number of rotatable bonds is 10. The van der Waals surface area contributed by atoms with Crippen LogP contribution in [0.15, 0.2) is 48.1 Å². The van der Waals surface area contributed by atoms with Crippen LogP contribution in [-0.4, -0.2) is 60.2 Å². The quantitative estimate of drug-likeness (QED) is 0.441. The van der Waals surface area contributed by atoms with Crippen molar-refractivity contribution < 1.29 is 14.9 Å². The van der Waals surface area contributed by atoms with E-state index in [9.17, 15) is 10.2 Å². The van der Waals surface area contributed by atoms with Crippen LogP contribution in [0.2, 0.25) is 0 Å². The van der Waals surface area contributed by atoms with Gasteiger partial charge in [-0.25, -0.2) is 0 Å². The molecule has 2 fully saturated rings. The fourth-order valence-electron chi connectivity index (χ4n) is 5.70. The minimum Gasteiger partial charge on any atom is -0.392 e. The van der Waals surface area contributed by atoms with E-state index < -0.39 is 6.10 Å². The molecule has 1 aromatic rings. The number of allylic oxidation sites excluding steroid dienone is 1. The monoisotopic (exact) mass is 425 g/mol. The van der Waals surface area contributed by atoms with Gasteiger partial charge in [-0.3, -0.25) is 0 Å². The van der Waals surface area contributed by atoms with E-state index in [0.717, 1.165) is 44.6 Å². The molecule has 0 unspecified atom stereocenters. The largest absolute Gasteiger partial charge is 0.392 e. The van der Waals surface area contributed by atoms with Gasteiger partial charge in [0.2, 0.25) is 0 Å². The lowest BCUT2D eigenvalue weighted by atomic mass is 9.88. The van der Waals surface area contributed by atoms with Crippen molar-refractivity contribution in [3.05, 3.63) is 59.2 Å². The zero-order chi connectivity index (χ0) is 21.6. The van der Waals surface area contributed by atoms with Crippen LogP contribution >= 0.6 is 0 Å². The lowest BCUT2D eigenvalue weighted by Gasteiger charge is -2.19. The highest BCUT2D eigenvalue weighted by Crippen LogP contribution is 2.47. The van der Waals surface area contributed by atoms with E-state index in [-0.39, 0.29) is 12.0 Å². The summed E-state index contributed by atoms with van der Waals surface area (Å²) in [5.74, 6) is 1.08. The summed E-state index contributed by atoms with van der Waals surface area (Å²) in [6, 6.07) is 8.29. The maximum Gasteiger partial charge on any atom is 0.0761 e. The molecule has 170 valence electrons. The Balaban J connectivity index is 1.20. The zero-order valence-electron chi connectivity index (χ0n) is 19.0. The first-order chi connectivity index (χ1) is 15.1. The fourth-order valence-corrected chi connectivity index (χ4v) is 5.70. The molecule has 4 nitrogen and oxygen atoms in total. The van der Waals surface area contributed by atoms with E-state index in [1.165, 1.54) is 37.1 Å². The maximum absolute atomic E-state index is 10.6. The van der Waals surface area contributed by atoms with E-state index in [1.54, 1.807) is 0 Å². The summed E-state index contributed by atoms with van der Waals surface area (Å²) in [6.45, 7) is 7.24. The number of aliphatic hydroxyl groups excluding tert-OH is 2. The van der Waals surface area contributed by atoms with Crippen LogP contribution in [0.5, 0.6) is 0 Å². The van der Waals surface area contributed by atoms with Gasteiger partial charge in [0.15, 0.2) is 0 Å². The summed E-state index contributed by atoms with van der Waals surface area (Å²) in [4.78, 5) is 2.49. The van der Waals surface area contributed by atoms with Gasteiger partial charge in [0.1, 0.15) is 0 Å². The minimum atomic E-state index is -0.508. The van der Waals surface area contributed by atoms with Crippen molar-refractivity contribution in [3.63, 3.8) is 0 Å². The Morgan fingerprint density at radius 3 is 2.87 bits per heavy atom. The van der Waals surface area contributed by atoms with Crippen LogP contribution in [0.25, 0.3) is 0 Å². The molecule has 5 atom stereocenters. The van der Waals surface area contributed by atoms with Crippen molar-refractivity contribution in [2.75, 3.05) is 32.8 Å². The third kappa shape index (κ3) is 6.29. The molecule has 2 N–H and O–H groups in total. The summed E-state index contributed by atoms with van der Waals surface area (Å²) in [5.41, 5.74) is 3.85. The van der Waals surface area contributed by atoms with Crippen LogP contribution in [-0.2, 0) is 11.2 Å². The number of aliphatic hydroxyl groups is 2. The Hall–Kier alpha value is -1.46. The number of hydrogen-bond donors (Lipinski definition) is 2. The van der Waals surface area contributed by atoms with E-state index in [2.05, 4.69) is 42.2 Å². The molecule has 0 spiro atoms. The molecule has 0 bridgehead atoms. The average molecular weight is 426 g/mol. The third-order valence-corrected chi connectivity index (χ3v) is 7.35. The number of benzene rings is 1. The lowest BCUT2D eigenvalue weighted by Crippen LogP contribution is -2.24. The summed E-state index contributed by atoms with van der Waals surface area (Å²) in [7, 11) is 0. The standard InChI is InChI=1S/C27H39NO3/c1-20-5-4-6-21(15-20)17-24(29)7-8-25-26-18-22(16-23(26)19-27(25)30)9-13-31-14-12-28-10-2-3-11-28/h4-8,15-16,23-27,29-30H,2-3,9-14,17-19H2,1H3/b8-7+/t23-,24+,25+,26-,27+/m0/s1. The number of fused-ring (bicyclic) bond motifs is 1. The first kappa shape index (κ1) is 22.7. The molecule has 3 aliphatic rings. The highest BCUT2D eigenvalue weighted by molar-refractivity contribution is 5.24. The van der Waals surface area contributed by atoms with Crippen molar-refractivity contribution in [2.45, 2.75) is 57.7 Å². The van der Waals surface area contributed by atoms with Crippen LogP contribution in [0.3, 0.4) is 0 Å². The molecule has 1 saturated heterocycles. The second-order valence-electron chi connectivity index (χ2n) is 9.79. The van der Waals surface area contributed by atoms with Crippen molar-refractivity contribution >= 4 is 0 Å². The van der Waals surface area contributed by atoms with Crippen molar-refractivity contribution in [1.82, 2.24) is 4.90 Å². The van der Waals surface area contributed by atoms with Crippen molar-refractivity contribution in [1.29, 1.82) is 0 Å². The molecule has 2 aliphatic carbocycles. The number of nitrogens with zero attached hydrogens (tertiary/aromatic N) is 1. The molecule has 1 aromatic carbocycles. The molecule has 0 amide bonds. The molecular formula is C27H39NO3. The van der Waals surface area contributed by atoms with Gasteiger partial charge in [0.25, 0.3) is 0 Å². The van der Waals surface area contributed by atoms with Crippen LogP contribution in [0, 0.1) is 24.7 Å². The molecule has 4 rings (SSSR count). The molecule has 1 aliphatic heterocycles. The third-order valence-electron chi connectivity index (χ3n) is 7.35. The summed E-state index contributed by atoms with van der Waals surface area (Å²) >= 11 is 0. The highest BCUT2D eigenvalue weighted by Gasteiger charge is 2.43. The van der Waals surface area contributed by atoms with Gasteiger partial charge in [0.05, 0.1) is 25.4 Å². The molecule has 0 aromatic heterocycles. The van der Waals surface area contributed by atoms with E-state index >= 15 is 0 Å². The smallest absolute Gasteiger partial charge is 0.0761 e. The van der Waals surface area contributed by atoms with Crippen molar-refractivity contribution in [3.8, 4) is 0 Å². The number of hydrogen-bond acceptors (Lipinski definition) is 4. The average Bonchev–Trinajstić information content (AvgIpc) is 3.43. The zero-order valence-corrected chi connectivity index (χ0v) is 19.0.